The van der Waals surface area contributed by atoms with Crippen molar-refractivity contribution in [3.63, 3.8) is 0 Å². The summed E-state index contributed by atoms with van der Waals surface area (Å²) < 4.78 is 1.15. The number of halogens is 1. The van der Waals surface area contributed by atoms with E-state index in [4.69, 9.17) is 0 Å². The predicted molar refractivity (Wildman–Crippen MR) is 72.4 cm³/mol. The molecule has 0 amide bonds. The van der Waals surface area contributed by atoms with E-state index >= 15 is 0 Å². The van der Waals surface area contributed by atoms with E-state index in [1.807, 2.05) is 6.92 Å². The second kappa shape index (κ2) is 5.63. The van der Waals surface area contributed by atoms with Crippen molar-refractivity contribution < 1.29 is 0 Å². The Labute approximate surface area is 105 Å². The van der Waals surface area contributed by atoms with Crippen LogP contribution in [0, 0.1) is 10.5 Å². The van der Waals surface area contributed by atoms with Gasteiger partial charge < -0.3 is 5.32 Å². The molecule has 0 aliphatic rings. The van der Waals surface area contributed by atoms with Gasteiger partial charge in [0, 0.05) is 6.54 Å². The SMILES string of the molecule is CCCNc1nc(C)nc(C(C)C)c1I. The van der Waals surface area contributed by atoms with E-state index in [0.717, 1.165) is 33.9 Å². The van der Waals surface area contributed by atoms with Gasteiger partial charge in [-0.2, -0.15) is 0 Å². The van der Waals surface area contributed by atoms with E-state index in [-0.39, 0.29) is 0 Å². The van der Waals surface area contributed by atoms with E-state index < -0.39 is 0 Å². The average Bonchev–Trinajstić information content (AvgIpc) is 2.18. The summed E-state index contributed by atoms with van der Waals surface area (Å²) in [7, 11) is 0. The van der Waals surface area contributed by atoms with Gasteiger partial charge in [0.25, 0.3) is 0 Å². The highest BCUT2D eigenvalue weighted by atomic mass is 127. The highest BCUT2D eigenvalue weighted by Crippen LogP contribution is 2.24. The minimum Gasteiger partial charge on any atom is -0.369 e. The van der Waals surface area contributed by atoms with Gasteiger partial charge in [-0.15, -0.1) is 0 Å². The number of nitrogens with one attached hydrogen (secondary N) is 1. The van der Waals surface area contributed by atoms with Gasteiger partial charge in [-0.05, 0) is 41.9 Å². The van der Waals surface area contributed by atoms with Gasteiger partial charge in [-0.25, -0.2) is 9.97 Å². The molecule has 0 fully saturated rings. The first-order valence-electron chi connectivity index (χ1n) is 5.34. The predicted octanol–water partition coefficient (Wildman–Crippen LogP) is 3.33. The number of aromatic nitrogens is 2. The van der Waals surface area contributed by atoms with Crippen molar-refractivity contribution in [3.8, 4) is 0 Å². The molecule has 0 atom stereocenters. The summed E-state index contributed by atoms with van der Waals surface area (Å²) in [5.41, 5.74) is 1.14. The number of aryl methyl sites for hydroxylation is 1. The zero-order valence-electron chi connectivity index (χ0n) is 9.76. The maximum absolute atomic E-state index is 4.48. The Kier molecular flexibility index (Phi) is 4.76. The van der Waals surface area contributed by atoms with Crippen molar-refractivity contribution >= 4 is 28.4 Å². The summed E-state index contributed by atoms with van der Waals surface area (Å²) in [6.07, 6.45) is 1.11. The minimum atomic E-state index is 0.445. The molecule has 3 nitrogen and oxygen atoms in total. The fourth-order valence-electron chi connectivity index (χ4n) is 1.32. The average molecular weight is 319 g/mol. The molecule has 4 heteroatoms. The molecular weight excluding hydrogens is 301 g/mol. The van der Waals surface area contributed by atoms with Crippen LogP contribution < -0.4 is 5.32 Å². The molecule has 0 aliphatic carbocycles. The van der Waals surface area contributed by atoms with Crippen LogP contribution in [0.1, 0.15) is 44.6 Å². The number of hydrogen-bond donors (Lipinski definition) is 1. The quantitative estimate of drug-likeness (QED) is 0.865. The lowest BCUT2D eigenvalue weighted by molar-refractivity contribution is 0.792. The molecule has 0 unspecified atom stereocenters. The third-order valence-electron chi connectivity index (χ3n) is 2.08. The monoisotopic (exact) mass is 319 g/mol. The highest BCUT2D eigenvalue weighted by molar-refractivity contribution is 14.1. The Hall–Kier alpha value is -0.390. The Balaban J connectivity index is 3.05. The van der Waals surface area contributed by atoms with Crippen LogP contribution in [0.2, 0.25) is 0 Å². The number of hydrogen-bond acceptors (Lipinski definition) is 3. The third-order valence-corrected chi connectivity index (χ3v) is 3.14. The van der Waals surface area contributed by atoms with E-state index in [9.17, 15) is 0 Å². The van der Waals surface area contributed by atoms with Gasteiger partial charge in [0.2, 0.25) is 0 Å². The molecule has 0 bridgehead atoms. The molecule has 0 aliphatic heterocycles. The maximum Gasteiger partial charge on any atom is 0.143 e. The molecule has 1 aromatic heterocycles. The van der Waals surface area contributed by atoms with Gasteiger partial charge in [-0.1, -0.05) is 20.8 Å². The topological polar surface area (TPSA) is 37.8 Å². The van der Waals surface area contributed by atoms with Crippen molar-refractivity contribution in [3.05, 3.63) is 15.1 Å². The summed E-state index contributed by atoms with van der Waals surface area (Å²) in [5.74, 6) is 2.27. The molecule has 84 valence electrons. The lowest BCUT2D eigenvalue weighted by atomic mass is 10.1. The van der Waals surface area contributed by atoms with Crippen LogP contribution >= 0.6 is 22.6 Å². The summed E-state index contributed by atoms with van der Waals surface area (Å²) in [4.78, 5) is 8.91. The molecule has 0 aromatic carbocycles. The molecule has 0 saturated heterocycles. The van der Waals surface area contributed by atoms with Crippen molar-refractivity contribution in [2.24, 2.45) is 0 Å². The van der Waals surface area contributed by atoms with Crippen molar-refractivity contribution in [1.82, 2.24) is 9.97 Å². The van der Waals surface area contributed by atoms with E-state index in [0.29, 0.717) is 5.92 Å². The fraction of sp³-hybridized carbons (Fsp3) is 0.636. The molecule has 0 saturated carbocycles. The second-order valence-corrected chi connectivity index (χ2v) is 4.98. The first-order valence-corrected chi connectivity index (χ1v) is 6.42. The van der Waals surface area contributed by atoms with Crippen LogP contribution in [0.15, 0.2) is 0 Å². The standard InChI is InChI=1S/C11H18IN3/c1-5-6-13-11-9(12)10(7(2)3)14-8(4)15-11/h7H,5-6H2,1-4H3,(H,13,14,15). The fourth-order valence-corrected chi connectivity index (χ4v) is 2.38. The van der Waals surface area contributed by atoms with Crippen LogP contribution in [0.3, 0.4) is 0 Å². The molecule has 0 spiro atoms. The van der Waals surface area contributed by atoms with Gasteiger partial charge in [0.15, 0.2) is 0 Å². The zero-order valence-corrected chi connectivity index (χ0v) is 11.9. The van der Waals surface area contributed by atoms with Crippen LogP contribution in [-0.2, 0) is 0 Å². The number of nitrogens with zero attached hydrogens (tertiary/aromatic N) is 2. The van der Waals surface area contributed by atoms with Gasteiger partial charge in [0.1, 0.15) is 11.6 Å². The summed E-state index contributed by atoms with van der Waals surface area (Å²) >= 11 is 2.33. The maximum atomic E-state index is 4.48. The lowest BCUT2D eigenvalue weighted by Gasteiger charge is -2.13. The summed E-state index contributed by atoms with van der Waals surface area (Å²) in [5, 5.41) is 3.34. The number of anilines is 1. The molecule has 1 rings (SSSR count). The Morgan fingerprint density at radius 3 is 2.53 bits per heavy atom. The van der Waals surface area contributed by atoms with Gasteiger partial charge >= 0.3 is 0 Å². The van der Waals surface area contributed by atoms with Crippen molar-refractivity contribution in [2.75, 3.05) is 11.9 Å². The first kappa shape index (κ1) is 12.7. The van der Waals surface area contributed by atoms with Crippen molar-refractivity contribution in [2.45, 2.75) is 40.0 Å². The molecule has 1 heterocycles. The highest BCUT2D eigenvalue weighted by Gasteiger charge is 2.12. The van der Waals surface area contributed by atoms with Gasteiger partial charge in [-0.3, -0.25) is 0 Å². The molecule has 15 heavy (non-hydrogen) atoms. The number of rotatable bonds is 4. The van der Waals surface area contributed by atoms with Crippen LogP contribution in [0.4, 0.5) is 5.82 Å². The van der Waals surface area contributed by atoms with Gasteiger partial charge in [0.05, 0.1) is 9.26 Å². The summed E-state index contributed by atoms with van der Waals surface area (Å²) in [6.45, 7) is 9.38. The minimum absolute atomic E-state index is 0.445. The largest absolute Gasteiger partial charge is 0.369 e. The van der Waals surface area contributed by atoms with Crippen LogP contribution in [0.25, 0.3) is 0 Å². The Morgan fingerprint density at radius 1 is 1.33 bits per heavy atom. The molecule has 0 radical (unpaired) electrons. The first-order chi connectivity index (χ1) is 7.06. The smallest absolute Gasteiger partial charge is 0.143 e. The third kappa shape index (κ3) is 3.29. The summed E-state index contributed by atoms with van der Waals surface area (Å²) in [6, 6.07) is 0. The van der Waals surface area contributed by atoms with Crippen LogP contribution in [0.5, 0.6) is 0 Å². The van der Waals surface area contributed by atoms with Crippen LogP contribution in [-0.4, -0.2) is 16.5 Å². The zero-order chi connectivity index (χ0) is 11.4. The molecular formula is C11H18IN3. The Morgan fingerprint density at radius 2 is 2.00 bits per heavy atom. The Bertz CT molecular complexity index is 337. The van der Waals surface area contributed by atoms with E-state index in [1.165, 1.54) is 0 Å². The van der Waals surface area contributed by atoms with Crippen molar-refractivity contribution in [1.29, 1.82) is 0 Å². The normalized spacial score (nSPS) is 10.8. The van der Waals surface area contributed by atoms with E-state index in [2.05, 4.69) is 58.6 Å². The second-order valence-electron chi connectivity index (χ2n) is 3.90. The molecule has 1 aromatic rings. The van der Waals surface area contributed by atoms with E-state index in [1.54, 1.807) is 0 Å². The lowest BCUT2D eigenvalue weighted by Crippen LogP contribution is -2.10. The molecule has 1 N–H and O–H groups in total.